The standard InChI is InChI=1S/C18H22FN5O3/c1-12-15(22-27-21-12)17(26)24-8-3-6-18(11-24)10-23(9-5-14(18)25)16-13(19)4-2-7-20-16/h2,4,7,14,25H,3,5-6,8-11H2,1H3/t14-,18-/m1/s1. The zero-order valence-corrected chi connectivity index (χ0v) is 15.1. The summed E-state index contributed by atoms with van der Waals surface area (Å²) in [5.74, 6) is -0.331. The molecule has 0 saturated carbocycles. The topological polar surface area (TPSA) is 95.6 Å². The summed E-state index contributed by atoms with van der Waals surface area (Å²) in [4.78, 5) is 20.6. The summed E-state index contributed by atoms with van der Waals surface area (Å²) in [6.45, 7) is 3.60. The molecule has 2 atom stereocenters. The van der Waals surface area contributed by atoms with Gasteiger partial charge in [0.25, 0.3) is 5.91 Å². The van der Waals surface area contributed by atoms with E-state index in [2.05, 4.69) is 19.9 Å². The van der Waals surface area contributed by atoms with E-state index in [1.54, 1.807) is 24.1 Å². The van der Waals surface area contributed by atoms with Crippen molar-refractivity contribution in [2.75, 3.05) is 31.1 Å². The van der Waals surface area contributed by atoms with Gasteiger partial charge in [-0.1, -0.05) is 5.16 Å². The monoisotopic (exact) mass is 375 g/mol. The third-order valence-electron chi connectivity index (χ3n) is 5.67. The van der Waals surface area contributed by atoms with Crippen molar-refractivity contribution in [1.82, 2.24) is 20.2 Å². The number of anilines is 1. The first-order valence-corrected chi connectivity index (χ1v) is 9.12. The van der Waals surface area contributed by atoms with Gasteiger partial charge in [0.05, 0.1) is 6.10 Å². The molecule has 0 aliphatic carbocycles. The molecule has 0 bridgehead atoms. The molecule has 2 aromatic rings. The van der Waals surface area contributed by atoms with Crippen LogP contribution in [0.5, 0.6) is 0 Å². The number of carbonyl (C=O) groups excluding carboxylic acids is 1. The number of aliphatic hydroxyl groups is 1. The van der Waals surface area contributed by atoms with Gasteiger partial charge in [0, 0.05) is 37.8 Å². The Labute approximate surface area is 155 Å². The zero-order valence-electron chi connectivity index (χ0n) is 15.1. The number of likely N-dealkylation sites (tertiary alicyclic amines) is 1. The van der Waals surface area contributed by atoms with Crippen LogP contribution < -0.4 is 4.90 Å². The van der Waals surface area contributed by atoms with Gasteiger partial charge in [-0.15, -0.1) is 0 Å². The molecule has 4 rings (SSSR count). The maximum Gasteiger partial charge on any atom is 0.278 e. The largest absolute Gasteiger partial charge is 0.392 e. The van der Waals surface area contributed by atoms with Crippen molar-refractivity contribution in [1.29, 1.82) is 0 Å². The number of piperidine rings is 2. The van der Waals surface area contributed by atoms with Gasteiger partial charge in [0.15, 0.2) is 17.3 Å². The fraction of sp³-hybridized carbons (Fsp3) is 0.556. The maximum absolute atomic E-state index is 14.2. The molecule has 1 N–H and O–H groups in total. The van der Waals surface area contributed by atoms with Crippen LogP contribution in [0.3, 0.4) is 0 Å². The molecular weight excluding hydrogens is 353 g/mol. The zero-order chi connectivity index (χ0) is 19.0. The molecule has 27 heavy (non-hydrogen) atoms. The Kier molecular flexibility index (Phi) is 4.55. The summed E-state index contributed by atoms with van der Waals surface area (Å²) >= 11 is 0. The van der Waals surface area contributed by atoms with Crippen LogP contribution in [-0.4, -0.2) is 63.5 Å². The lowest BCUT2D eigenvalue weighted by Crippen LogP contribution is -2.60. The Morgan fingerprint density at radius 3 is 2.96 bits per heavy atom. The van der Waals surface area contributed by atoms with Crippen molar-refractivity contribution in [3.8, 4) is 0 Å². The van der Waals surface area contributed by atoms with Gasteiger partial charge in [-0.3, -0.25) is 4.79 Å². The number of hydrogen-bond acceptors (Lipinski definition) is 7. The van der Waals surface area contributed by atoms with E-state index < -0.39 is 11.5 Å². The van der Waals surface area contributed by atoms with Crippen LogP contribution >= 0.6 is 0 Å². The molecule has 2 aromatic heterocycles. The molecule has 0 aromatic carbocycles. The molecule has 0 unspecified atom stereocenters. The van der Waals surface area contributed by atoms with E-state index in [0.29, 0.717) is 44.1 Å². The number of nitrogens with zero attached hydrogens (tertiary/aromatic N) is 5. The fourth-order valence-corrected chi connectivity index (χ4v) is 4.25. The highest BCUT2D eigenvalue weighted by molar-refractivity contribution is 5.93. The molecule has 2 fully saturated rings. The Morgan fingerprint density at radius 2 is 2.22 bits per heavy atom. The van der Waals surface area contributed by atoms with Gasteiger partial charge in [0.1, 0.15) is 5.69 Å². The lowest BCUT2D eigenvalue weighted by atomic mass is 9.71. The average Bonchev–Trinajstić information content (AvgIpc) is 3.10. The fourth-order valence-electron chi connectivity index (χ4n) is 4.25. The van der Waals surface area contributed by atoms with E-state index in [9.17, 15) is 14.3 Å². The molecule has 9 heteroatoms. The van der Waals surface area contributed by atoms with Crippen molar-refractivity contribution >= 4 is 11.7 Å². The molecule has 2 saturated heterocycles. The average molecular weight is 375 g/mol. The minimum atomic E-state index is -0.562. The van der Waals surface area contributed by atoms with Crippen LogP contribution in [0.2, 0.25) is 0 Å². The second kappa shape index (κ2) is 6.88. The Bertz CT molecular complexity index is 844. The third kappa shape index (κ3) is 3.16. The number of pyridine rings is 1. The second-order valence-electron chi connectivity index (χ2n) is 7.43. The summed E-state index contributed by atoms with van der Waals surface area (Å²) in [6, 6.07) is 2.94. The lowest BCUT2D eigenvalue weighted by molar-refractivity contribution is -0.0365. The number of hydrogen-bond donors (Lipinski definition) is 1. The van der Waals surface area contributed by atoms with Gasteiger partial charge in [-0.25, -0.2) is 14.0 Å². The van der Waals surface area contributed by atoms with Gasteiger partial charge >= 0.3 is 0 Å². The van der Waals surface area contributed by atoms with E-state index in [4.69, 9.17) is 0 Å². The first kappa shape index (κ1) is 17.8. The van der Waals surface area contributed by atoms with Crippen molar-refractivity contribution in [3.05, 3.63) is 35.5 Å². The predicted molar refractivity (Wildman–Crippen MR) is 93.6 cm³/mol. The molecule has 8 nitrogen and oxygen atoms in total. The number of carbonyl (C=O) groups is 1. The minimum Gasteiger partial charge on any atom is -0.392 e. The number of aryl methyl sites for hydroxylation is 1. The minimum absolute atomic E-state index is 0.199. The summed E-state index contributed by atoms with van der Waals surface area (Å²) in [7, 11) is 0. The molecule has 144 valence electrons. The number of rotatable bonds is 2. The van der Waals surface area contributed by atoms with Crippen molar-refractivity contribution in [2.45, 2.75) is 32.3 Å². The van der Waals surface area contributed by atoms with Crippen LogP contribution in [-0.2, 0) is 0 Å². The summed E-state index contributed by atoms with van der Waals surface area (Å²) < 4.78 is 18.9. The Balaban J connectivity index is 1.58. The normalized spacial score (nSPS) is 25.8. The molecular formula is C18H22FN5O3. The molecule has 1 amide bonds. The maximum atomic E-state index is 14.2. The summed E-state index contributed by atoms with van der Waals surface area (Å²) in [6.07, 6.45) is 3.02. The van der Waals surface area contributed by atoms with Crippen molar-refractivity contribution in [2.24, 2.45) is 5.41 Å². The van der Waals surface area contributed by atoms with Gasteiger partial charge < -0.3 is 14.9 Å². The number of aliphatic hydroxyl groups excluding tert-OH is 1. The van der Waals surface area contributed by atoms with Crippen LogP contribution in [0.1, 0.15) is 35.4 Å². The number of amides is 1. The first-order chi connectivity index (χ1) is 13.0. The van der Waals surface area contributed by atoms with E-state index in [1.807, 2.05) is 4.90 Å². The van der Waals surface area contributed by atoms with Crippen molar-refractivity contribution in [3.63, 3.8) is 0 Å². The highest BCUT2D eigenvalue weighted by atomic mass is 19.1. The Morgan fingerprint density at radius 1 is 1.37 bits per heavy atom. The molecule has 0 radical (unpaired) electrons. The second-order valence-corrected chi connectivity index (χ2v) is 7.43. The third-order valence-corrected chi connectivity index (χ3v) is 5.67. The SMILES string of the molecule is Cc1nonc1C(=O)N1CCC[C@]2(C1)CN(c1ncccc1F)CC[C@H]2O. The van der Waals surface area contributed by atoms with E-state index in [0.717, 1.165) is 12.8 Å². The molecule has 2 aliphatic heterocycles. The number of halogens is 1. The van der Waals surface area contributed by atoms with E-state index >= 15 is 0 Å². The molecule has 1 spiro atoms. The summed E-state index contributed by atoms with van der Waals surface area (Å²) in [5, 5.41) is 18.2. The highest BCUT2D eigenvalue weighted by Crippen LogP contribution is 2.40. The molecule has 4 heterocycles. The van der Waals surface area contributed by atoms with Crippen LogP contribution in [0.4, 0.5) is 10.2 Å². The van der Waals surface area contributed by atoms with Crippen LogP contribution in [0, 0.1) is 18.2 Å². The van der Waals surface area contributed by atoms with E-state index in [-0.39, 0.29) is 17.4 Å². The quantitative estimate of drug-likeness (QED) is 0.848. The van der Waals surface area contributed by atoms with Gasteiger partial charge in [-0.2, -0.15) is 0 Å². The lowest BCUT2D eigenvalue weighted by Gasteiger charge is -2.51. The van der Waals surface area contributed by atoms with Crippen molar-refractivity contribution < 1.29 is 18.9 Å². The number of aromatic nitrogens is 3. The summed E-state index contributed by atoms with van der Waals surface area (Å²) in [5.41, 5.74) is 0.118. The molecule has 2 aliphatic rings. The van der Waals surface area contributed by atoms with Gasteiger partial charge in [0.2, 0.25) is 0 Å². The van der Waals surface area contributed by atoms with Crippen LogP contribution in [0.15, 0.2) is 23.0 Å². The van der Waals surface area contributed by atoms with E-state index in [1.165, 1.54) is 6.07 Å². The highest BCUT2D eigenvalue weighted by Gasteiger charge is 2.47. The smallest absolute Gasteiger partial charge is 0.278 e. The predicted octanol–water partition coefficient (Wildman–Crippen LogP) is 1.41. The van der Waals surface area contributed by atoms with Crippen LogP contribution in [0.25, 0.3) is 0 Å². The van der Waals surface area contributed by atoms with Gasteiger partial charge in [-0.05, 0) is 43.5 Å². The Hall–Kier alpha value is -2.55. The first-order valence-electron chi connectivity index (χ1n) is 9.12.